The minimum Gasteiger partial charge on any atom is -0.381 e. The van der Waals surface area contributed by atoms with Crippen LogP contribution >= 0.6 is 11.8 Å². The molecule has 0 spiro atoms. The van der Waals surface area contributed by atoms with Crippen LogP contribution in [0.15, 0.2) is 0 Å². The molecule has 2 fully saturated rings. The molecule has 0 aromatic carbocycles. The molecule has 0 aliphatic heterocycles. The smallest absolute Gasteiger partial charge is 0.0572 e. The van der Waals surface area contributed by atoms with Gasteiger partial charge >= 0.3 is 0 Å². The van der Waals surface area contributed by atoms with Gasteiger partial charge in [-0.2, -0.15) is 11.8 Å². The van der Waals surface area contributed by atoms with Crippen LogP contribution in [0, 0.1) is 5.92 Å². The van der Waals surface area contributed by atoms with Crippen molar-refractivity contribution in [2.24, 2.45) is 5.92 Å². The summed E-state index contributed by atoms with van der Waals surface area (Å²) < 4.78 is 5.44. The molecule has 0 aromatic heterocycles. The van der Waals surface area contributed by atoms with Gasteiger partial charge in [0, 0.05) is 17.6 Å². The van der Waals surface area contributed by atoms with Crippen LogP contribution in [0.4, 0.5) is 0 Å². The molecule has 0 radical (unpaired) electrons. The minimum absolute atomic E-state index is 0.558. The first-order valence-corrected chi connectivity index (χ1v) is 7.90. The fraction of sp³-hybridized carbons (Fsp3) is 1.00. The average Bonchev–Trinajstić information content (AvgIpc) is 2.30. The van der Waals surface area contributed by atoms with Gasteiger partial charge in [-0.3, -0.25) is 0 Å². The molecule has 2 saturated carbocycles. The van der Waals surface area contributed by atoms with E-state index in [-0.39, 0.29) is 0 Å². The predicted molar refractivity (Wildman–Crippen MR) is 72.1 cm³/mol. The maximum absolute atomic E-state index is 5.44. The van der Waals surface area contributed by atoms with Crippen LogP contribution in [-0.4, -0.2) is 23.7 Å². The second-order valence-electron chi connectivity index (χ2n) is 5.66. The molecule has 0 N–H and O–H groups in total. The quantitative estimate of drug-likeness (QED) is 0.731. The lowest BCUT2D eigenvalue weighted by molar-refractivity contribution is 0.0723. The van der Waals surface area contributed by atoms with Crippen molar-refractivity contribution < 1.29 is 4.74 Å². The van der Waals surface area contributed by atoms with Gasteiger partial charge in [0.15, 0.2) is 0 Å². The SMILES string of the molecule is COC1CCC(SC2CCCC(C)C2)CC1. The van der Waals surface area contributed by atoms with Gasteiger partial charge in [0.25, 0.3) is 0 Å². The van der Waals surface area contributed by atoms with E-state index in [1.54, 1.807) is 0 Å². The Kier molecular flexibility index (Phi) is 5.02. The Morgan fingerprint density at radius 1 is 0.938 bits per heavy atom. The van der Waals surface area contributed by atoms with Crippen molar-refractivity contribution in [1.82, 2.24) is 0 Å². The zero-order chi connectivity index (χ0) is 11.4. The Bertz CT molecular complexity index is 199. The molecule has 94 valence electrons. The molecule has 0 bridgehead atoms. The number of hydrogen-bond acceptors (Lipinski definition) is 2. The Balaban J connectivity index is 1.69. The van der Waals surface area contributed by atoms with Crippen LogP contribution in [-0.2, 0) is 4.74 Å². The Morgan fingerprint density at radius 3 is 2.31 bits per heavy atom. The Morgan fingerprint density at radius 2 is 1.69 bits per heavy atom. The van der Waals surface area contributed by atoms with Gasteiger partial charge in [0.2, 0.25) is 0 Å². The molecule has 16 heavy (non-hydrogen) atoms. The van der Waals surface area contributed by atoms with E-state index in [1.807, 2.05) is 7.11 Å². The predicted octanol–water partition coefficient (Wildman–Crippen LogP) is 4.26. The van der Waals surface area contributed by atoms with Gasteiger partial charge in [0.1, 0.15) is 0 Å². The fourth-order valence-corrected chi connectivity index (χ4v) is 5.01. The molecule has 2 heteroatoms. The third-order valence-corrected chi connectivity index (χ3v) is 5.90. The zero-order valence-electron chi connectivity index (χ0n) is 10.8. The molecule has 2 rings (SSSR count). The van der Waals surface area contributed by atoms with Crippen LogP contribution in [0.3, 0.4) is 0 Å². The molecule has 0 heterocycles. The van der Waals surface area contributed by atoms with Crippen molar-refractivity contribution in [3.63, 3.8) is 0 Å². The molecule has 0 saturated heterocycles. The molecular formula is C14H26OS. The lowest BCUT2D eigenvalue weighted by Crippen LogP contribution is -2.25. The summed E-state index contributed by atoms with van der Waals surface area (Å²) in [6.07, 6.45) is 11.8. The van der Waals surface area contributed by atoms with E-state index >= 15 is 0 Å². The standard InChI is InChI=1S/C14H26OS/c1-11-4-3-5-14(10-11)16-13-8-6-12(15-2)7-9-13/h11-14H,3-10H2,1-2H3. The lowest BCUT2D eigenvalue weighted by Gasteiger charge is -2.33. The summed E-state index contributed by atoms with van der Waals surface area (Å²) in [5, 5.41) is 1.90. The van der Waals surface area contributed by atoms with E-state index in [1.165, 1.54) is 51.4 Å². The normalized spacial score (nSPS) is 40.9. The summed E-state index contributed by atoms with van der Waals surface area (Å²) in [4.78, 5) is 0. The molecule has 1 nitrogen and oxygen atoms in total. The van der Waals surface area contributed by atoms with Crippen LogP contribution in [0.5, 0.6) is 0 Å². The van der Waals surface area contributed by atoms with Crippen LogP contribution in [0.1, 0.15) is 58.3 Å². The van der Waals surface area contributed by atoms with E-state index in [0.29, 0.717) is 6.10 Å². The summed E-state index contributed by atoms with van der Waals surface area (Å²) in [5.41, 5.74) is 0. The number of methoxy groups -OCH3 is 1. The van der Waals surface area contributed by atoms with Gasteiger partial charge in [-0.25, -0.2) is 0 Å². The molecule has 2 aliphatic rings. The molecule has 2 unspecified atom stereocenters. The van der Waals surface area contributed by atoms with E-state index in [4.69, 9.17) is 4.74 Å². The summed E-state index contributed by atoms with van der Waals surface area (Å²) in [6, 6.07) is 0. The zero-order valence-corrected chi connectivity index (χ0v) is 11.6. The summed E-state index contributed by atoms with van der Waals surface area (Å²) >= 11 is 2.30. The summed E-state index contributed by atoms with van der Waals surface area (Å²) in [6.45, 7) is 2.43. The van der Waals surface area contributed by atoms with E-state index in [2.05, 4.69) is 18.7 Å². The number of ether oxygens (including phenoxy) is 1. The number of hydrogen-bond donors (Lipinski definition) is 0. The average molecular weight is 242 g/mol. The van der Waals surface area contributed by atoms with Crippen molar-refractivity contribution in [2.45, 2.75) is 74.9 Å². The summed E-state index contributed by atoms with van der Waals surface area (Å²) in [7, 11) is 1.86. The fourth-order valence-electron chi connectivity index (χ4n) is 3.18. The summed E-state index contributed by atoms with van der Waals surface area (Å²) in [5.74, 6) is 0.974. The first-order chi connectivity index (χ1) is 7.78. The maximum Gasteiger partial charge on any atom is 0.0572 e. The van der Waals surface area contributed by atoms with E-state index < -0.39 is 0 Å². The van der Waals surface area contributed by atoms with Gasteiger partial charge < -0.3 is 4.74 Å². The van der Waals surface area contributed by atoms with Crippen molar-refractivity contribution >= 4 is 11.8 Å². The second-order valence-corrected chi connectivity index (χ2v) is 7.27. The first kappa shape index (κ1) is 12.8. The minimum atomic E-state index is 0.558. The number of thioether (sulfide) groups is 1. The van der Waals surface area contributed by atoms with Crippen LogP contribution in [0.25, 0.3) is 0 Å². The Labute approximate surface area is 105 Å². The van der Waals surface area contributed by atoms with Gasteiger partial charge in [-0.1, -0.05) is 19.8 Å². The maximum atomic E-state index is 5.44. The molecular weight excluding hydrogens is 216 g/mol. The van der Waals surface area contributed by atoms with Crippen LogP contribution in [0.2, 0.25) is 0 Å². The van der Waals surface area contributed by atoms with Crippen molar-refractivity contribution in [1.29, 1.82) is 0 Å². The van der Waals surface area contributed by atoms with Crippen molar-refractivity contribution in [2.75, 3.05) is 7.11 Å². The Hall–Kier alpha value is 0.310. The largest absolute Gasteiger partial charge is 0.381 e. The van der Waals surface area contributed by atoms with Gasteiger partial charge in [-0.05, 0) is 44.4 Å². The van der Waals surface area contributed by atoms with Crippen LogP contribution < -0.4 is 0 Å². The highest BCUT2D eigenvalue weighted by Crippen LogP contribution is 2.38. The van der Waals surface area contributed by atoms with Gasteiger partial charge in [0.05, 0.1) is 6.10 Å². The molecule has 0 amide bonds. The third-order valence-electron chi connectivity index (χ3n) is 4.23. The number of rotatable bonds is 3. The third kappa shape index (κ3) is 3.66. The first-order valence-electron chi connectivity index (χ1n) is 6.96. The highest BCUT2D eigenvalue weighted by molar-refractivity contribution is 8.00. The van der Waals surface area contributed by atoms with E-state index in [9.17, 15) is 0 Å². The monoisotopic (exact) mass is 242 g/mol. The molecule has 0 aromatic rings. The molecule has 2 atom stereocenters. The lowest BCUT2D eigenvalue weighted by atomic mass is 9.90. The highest BCUT2D eigenvalue weighted by atomic mass is 32.2. The highest BCUT2D eigenvalue weighted by Gasteiger charge is 2.26. The molecule has 2 aliphatic carbocycles. The van der Waals surface area contributed by atoms with Crippen molar-refractivity contribution in [3.8, 4) is 0 Å². The van der Waals surface area contributed by atoms with Gasteiger partial charge in [-0.15, -0.1) is 0 Å². The van der Waals surface area contributed by atoms with Crippen molar-refractivity contribution in [3.05, 3.63) is 0 Å². The topological polar surface area (TPSA) is 9.23 Å². The second kappa shape index (κ2) is 6.30. The van der Waals surface area contributed by atoms with E-state index in [0.717, 1.165) is 16.4 Å².